The van der Waals surface area contributed by atoms with Crippen LogP contribution in [0.3, 0.4) is 0 Å². The molecule has 4 heteroatoms. The number of nitrogens with two attached hydrogens (primary N) is 1. The van der Waals surface area contributed by atoms with Crippen molar-refractivity contribution in [1.29, 1.82) is 0 Å². The van der Waals surface area contributed by atoms with Gasteiger partial charge < -0.3 is 14.3 Å². The topological polar surface area (TPSA) is 53.7 Å². The van der Waals surface area contributed by atoms with Gasteiger partial charge in [0.25, 0.3) is 0 Å². The molecule has 1 aromatic carbocycles. The van der Waals surface area contributed by atoms with Crippen LogP contribution in [0.5, 0.6) is 11.5 Å². The minimum Gasteiger partial charge on any atom is -0.493 e. The fraction of sp³-hybridized carbons (Fsp3) is 0.500. The Kier molecular flexibility index (Phi) is 5.08. The fourth-order valence-corrected chi connectivity index (χ4v) is 1.67. The second kappa shape index (κ2) is 6.35. The first-order chi connectivity index (χ1) is 7.76. The highest BCUT2D eigenvalue weighted by Crippen LogP contribution is 2.33. The lowest BCUT2D eigenvalue weighted by atomic mass is 10.0. The first-order valence-electron chi connectivity index (χ1n) is 5.32. The maximum absolute atomic E-state index is 5.34. The lowest BCUT2D eigenvalue weighted by molar-refractivity contribution is 0.140. The van der Waals surface area contributed by atoms with Gasteiger partial charge in [-0.25, -0.2) is 5.90 Å². The van der Waals surface area contributed by atoms with Gasteiger partial charge in [0.1, 0.15) is 0 Å². The molecule has 0 saturated carbocycles. The summed E-state index contributed by atoms with van der Waals surface area (Å²) in [6.07, 6.45) is 1.67. The smallest absolute Gasteiger partial charge is 0.163 e. The van der Waals surface area contributed by atoms with Crippen molar-refractivity contribution in [2.24, 2.45) is 5.90 Å². The third-order valence-electron chi connectivity index (χ3n) is 2.51. The molecule has 0 bridgehead atoms. The zero-order valence-corrected chi connectivity index (χ0v) is 10.1. The average Bonchev–Trinajstić information content (AvgIpc) is 2.34. The minimum atomic E-state index is 0.465. The van der Waals surface area contributed by atoms with Crippen molar-refractivity contribution < 1.29 is 14.3 Å². The quantitative estimate of drug-likeness (QED) is 0.749. The van der Waals surface area contributed by atoms with Crippen LogP contribution in [0, 0.1) is 0 Å². The van der Waals surface area contributed by atoms with Crippen molar-refractivity contribution in [2.75, 3.05) is 20.8 Å². The van der Waals surface area contributed by atoms with E-state index in [2.05, 4.69) is 17.8 Å². The highest BCUT2D eigenvalue weighted by atomic mass is 16.6. The molecule has 1 aromatic rings. The molecule has 2 N–H and O–H groups in total. The Morgan fingerprint density at radius 2 is 1.94 bits per heavy atom. The van der Waals surface area contributed by atoms with E-state index in [1.54, 1.807) is 14.2 Å². The van der Waals surface area contributed by atoms with E-state index in [1.165, 1.54) is 5.56 Å². The average molecular weight is 225 g/mol. The molecular formula is C12H19NO3. The summed E-state index contributed by atoms with van der Waals surface area (Å²) >= 11 is 0. The van der Waals surface area contributed by atoms with Crippen molar-refractivity contribution in [2.45, 2.75) is 19.8 Å². The van der Waals surface area contributed by atoms with Gasteiger partial charge >= 0.3 is 0 Å². The normalized spacial score (nSPS) is 10.2. The maximum Gasteiger partial charge on any atom is 0.163 e. The molecule has 0 radical (unpaired) electrons. The van der Waals surface area contributed by atoms with Crippen molar-refractivity contribution in [3.63, 3.8) is 0 Å². The van der Waals surface area contributed by atoms with Crippen molar-refractivity contribution >= 4 is 0 Å². The van der Waals surface area contributed by atoms with Crippen LogP contribution in [0.2, 0.25) is 0 Å². The maximum atomic E-state index is 5.34. The number of ether oxygens (including phenoxy) is 2. The Morgan fingerprint density at radius 3 is 2.44 bits per heavy atom. The van der Waals surface area contributed by atoms with Gasteiger partial charge in [-0.3, -0.25) is 0 Å². The summed E-state index contributed by atoms with van der Waals surface area (Å²) in [6.45, 7) is 2.57. The minimum absolute atomic E-state index is 0.465. The SMILES string of the molecule is CCc1cc(CCON)c(OC)c(OC)c1. The van der Waals surface area contributed by atoms with Crippen LogP contribution in [-0.2, 0) is 17.7 Å². The number of methoxy groups -OCH3 is 2. The molecule has 0 spiro atoms. The van der Waals surface area contributed by atoms with Gasteiger partial charge in [-0.1, -0.05) is 13.0 Å². The summed E-state index contributed by atoms with van der Waals surface area (Å²) in [7, 11) is 3.27. The number of rotatable bonds is 6. The van der Waals surface area contributed by atoms with Crippen LogP contribution in [0.4, 0.5) is 0 Å². The van der Waals surface area contributed by atoms with E-state index < -0.39 is 0 Å². The second-order valence-electron chi connectivity index (χ2n) is 3.46. The summed E-state index contributed by atoms with van der Waals surface area (Å²) in [6, 6.07) is 4.09. The van der Waals surface area contributed by atoms with Crippen LogP contribution < -0.4 is 15.4 Å². The van der Waals surface area contributed by atoms with E-state index in [-0.39, 0.29) is 0 Å². The van der Waals surface area contributed by atoms with Crippen LogP contribution in [0.25, 0.3) is 0 Å². The van der Waals surface area contributed by atoms with E-state index in [4.69, 9.17) is 15.4 Å². The fourth-order valence-electron chi connectivity index (χ4n) is 1.67. The molecule has 4 nitrogen and oxygen atoms in total. The molecule has 1 rings (SSSR count). The van der Waals surface area contributed by atoms with Gasteiger partial charge in [-0.05, 0) is 18.1 Å². The van der Waals surface area contributed by atoms with Gasteiger partial charge in [0.05, 0.1) is 20.8 Å². The zero-order valence-electron chi connectivity index (χ0n) is 10.1. The van der Waals surface area contributed by atoms with Crippen LogP contribution >= 0.6 is 0 Å². The van der Waals surface area contributed by atoms with Gasteiger partial charge in [-0.15, -0.1) is 0 Å². The van der Waals surface area contributed by atoms with E-state index >= 15 is 0 Å². The predicted octanol–water partition coefficient (Wildman–Crippen LogP) is 1.70. The van der Waals surface area contributed by atoms with Gasteiger partial charge in [0.2, 0.25) is 0 Å². The molecule has 0 heterocycles. The molecule has 0 fully saturated rings. The monoisotopic (exact) mass is 225 g/mol. The van der Waals surface area contributed by atoms with E-state index in [0.717, 1.165) is 23.5 Å². The van der Waals surface area contributed by atoms with Crippen molar-refractivity contribution in [3.8, 4) is 11.5 Å². The van der Waals surface area contributed by atoms with Crippen molar-refractivity contribution in [1.82, 2.24) is 0 Å². The number of hydrogen-bond acceptors (Lipinski definition) is 4. The number of benzene rings is 1. The molecule has 0 saturated heterocycles. The molecule has 0 aliphatic rings. The molecule has 0 unspecified atom stereocenters. The Morgan fingerprint density at radius 1 is 1.19 bits per heavy atom. The van der Waals surface area contributed by atoms with Crippen molar-refractivity contribution in [3.05, 3.63) is 23.3 Å². The second-order valence-corrected chi connectivity index (χ2v) is 3.46. The number of aryl methyl sites for hydroxylation is 1. The molecular weight excluding hydrogens is 206 g/mol. The summed E-state index contributed by atoms with van der Waals surface area (Å²) in [5.41, 5.74) is 2.27. The lowest BCUT2D eigenvalue weighted by Crippen LogP contribution is -2.06. The summed E-state index contributed by atoms with van der Waals surface area (Å²) in [5.74, 6) is 6.56. The zero-order chi connectivity index (χ0) is 12.0. The molecule has 90 valence electrons. The predicted molar refractivity (Wildman–Crippen MR) is 62.8 cm³/mol. The summed E-state index contributed by atoms with van der Waals surface area (Å²) < 4.78 is 10.6. The summed E-state index contributed by atoms with van der Waals surface area (Å²) in [4.78, 5) is 4.60. The Balaban J connectivity index is 3.09. The molecule has 0 amide bonds. The first-order valence-corrected chi connectivity index (χ1v) is 5.32. The first kappa shape index (κ1) is 12.8. The Bertz CT molecular complexity index is 339. The third kappa shape index (κ3) is 2.87. The molecule has 16 heavy (non-hydrogen) atoms. The highest BCUT2D eigenvalue weighted by Gasteiger charge is 2.11. The van der Waals surface area contributed by atoms with Crippen LogP contribution in [-0.4, -0.2) is 20.8 Å². The van der Waals surface area contributed by atoms with E-state index in [0.29, 0.717) is 13.0 Å². The van der Waals surface area contributed by atoms with Crippen LogP contribution in [0.1, 0.15) is 18.1 Å². The van der Waals surface area contributed by atoms with Gasteiger partial charge in [0.15, 0.2) is 11.5 Å². The third-order valence-corrected chi connectivity index (χ3v) is 2.51. The largest absolute Gasteiger partial charge is 0.493 e. The van der Waals surface area contributed by atoms with E-state index in [1.807, 2.05) is 6.07 Å². The standard InChI is InChI=1S/C12H19NO3/c1-4-9-7-10(5-6-16-13)12(15-3)11(8-9)14-2/h7-8H,4-6,13H2,1-3H3. The van der Waals surface area contributed by atoms with Gasteiger partial charge in [-0.2, -0.15) is 0 Å². The van der Waals surface area contributed by atoms with Gasteiger partial charge in [0, 0.05) is 12.0 Å². The molecule has 0 aliphatic heterocycles. The highest BCUT2D eigenvalue weighted by molar-refractivity contribution is 5.49. The Hall–Kier alpha value is -1.26. The van der Waals surface area contributed by atoms with E-state index in [9.17, 15) is 0 Å². The van der Waals surface area contributed by atoms with Crippen LogP contribution in [0.15, 0.2) is 12.1 Å². The summed E-state index contributed by atoms with van der Waals surface area (Å²) in [5, 5.41) is 0. The number of hydrogen-bond donors (Lipinski definition) is 1. The molecule has 0 atom stereocenters. The Labute approximate surface area is 96.3 Å². The molecule has 0 aromatic heterocycles. The molecule has 0 aliphatic carbocycles. The lowest BCUT2D eigenvalue weighted by Gasteiger charge is -2.14.